The third-order valence-corrected chi connectivity index (χ3v) is 8.01. The minimum absolute atomic E-state index is 0.131. The Kier molecular flexibility index (Phi) is 6.47. The van der Waals surface area contributed by atoms with Crippen molar-refractivity contribution in [2.45, 2.75) is 26.2 Å². The monoisotopic (exact) mass is 544 g/mol. The number of aliphatic imine (C=N–C) groups is 1. The fraction of sp³-hybridized carbons (Fsp3) is 0.214. The van der Waals surface area contributed by atoms with Crippen molar-refractivity contribution in [2.24, 2.45) is 4.99 Å². The molecule has 6 rings (SSSR count). The summed E-state index contributed by atoms with van der Waals surface area (Å²) in [6, 6.07) is 17.7. The summed E-state index contributed by atoms with van der Waals surface area (Å²) in [7, 11) is 0. The number of nitrogen functional groups attached to an aromatic ring is 1. The molecule has 4 heterocycles. The van der Waals surface area contributed by atoms with E-state index in [-0.39, 0.29) is 5.88 Å². The number of hydrogen-bond donors (Lipinski definition) is 1. The summed E-state index contributed by atoms with van der Waals surface area (Å²) in [6.07, 6.45) is 5.02. The van der Waals surface area contributed by atoms with Crippen LogP contribution in [-0.2, 0) is 0 Å². The van der Waals surface area contributed by atoms with Gasteiger partial charge >= 0.3 is 5.88 Å². The average Bonchev–Trinajstić information content (AvgIpc) is 3.54. The molecule has 38 heavy (non-hydrogen) atoms. The molecule has 3 aromatic heterocycles. The zero-order valence-electron chi connectivity index (χ0n) is 20.7. The van der Waals surface area contributed by atoms with E-state index in [1.807, 2.05) is 49.4 Å². The molecule has 1 fully saturated rings. The van der Waals surface area contributed by atoms with Crippen molar-refractivity contribution in [1.29, 1.82) is 0 Å². The SMILES string of the molecule is Cc1ccc(-c2cc(-c3ccc(Cl)cc3)nc3sc(/C([O-])=N/c4c[n+](N5CCCCC5)no4)c(N)c23)cc1. The zero-order valence-corrected chi connectivity index (χ0v) is 22.3. The van der Waals surface area contributed by atoms with Crippen molar-refractivity contribution >= 4 is 50.6 Å². The first-order valence-electron chi connectivity index (χ1n) is 12.4. The van der Waals surface area contributed by atoms with E-state index in [0.717, 1.165) is 59.3 Å². The van der Waals surface area contributed by atoms with Crippen molar-refractivity contribution in [1.82, 2.24) is 10.3 Å². The number of nitrogens with two attached hydrogens (primary N) is 1. The largest absolute Gasteiger partial charge is 0.857 e. The highest BCUT2D eigenvalue weighted by molar-refractivity contribution is 7.21. The number of hydrogen-bond acceptors (Lipinski definition) is 8. The van der Waals surface area contributed by atoms with E-state index >= 15 is 0 Å². The summed E-state index contributed by atoms with van der Waals surface area (Å²) in [5, 5.41) is 20.8. The Bertz CT molecular complexity index is 1640. The molecule has 0 atom stereocenters. The second kappa shape index (κ2) is 10.1. The van der Waals surface area contributed by atoms with E-state index in [9.17, 15) is 5.11 Å². The van der Waals surface area contributed by atoms with E-state index < -0.39 is 5.90 Å². The average molecular weight is 545 g/mol. The maximum atomic E-state index is 13.3. The number of piperidine rings is 1. The predicted octanol–water partition coefficient (Wildman–Crippen LogP) is 5.01. The molecule has 0 aliphatic carbocycles. The quantitative estimate of drug-likeness (QED) is 0.189. The summed E-state index contributed by atoms with van der Waals surface area (Å²) in [6.45, 7) is 3.81. The van der Waals surface area contributed by atoms with Gasteiger partial charge in [-0.25, -0.2) is 9.98 Å². The van der Waals surface area contributed by atoms with Gasteiger partial charge in [-0.3, -0.25) is 4.52 Å². The minimum Gasteiger partial charge on any atom is -0.857 e. The van der Waals surface area contributed by atoms with E-state index in [0.29, 0.717) is 20.4 Å². The number of benzene rings is 2. The molecular weight excluding hydrogens is 520 g/mol. The number of thiophene rings is 1. The van der Waals surface area contributed by atoms with Gasteiger partial charge in [-0.1, -0.05) is 53.6 Å². The predicted molar refractivity (Wildman–Crippen MR) is 149 cm³/mol. The standard InChI is InChI=1S/C28H25ClN6O2S/c1-17-5-7-18(8-6-17)21-15-22(19-9-11-20(29)12-10-19)31-28-24(21)25(30)26(38-28)27(36)32-23-16-35(33-37-23)34-13-3-2-4-14-34/h5-12,15-16H,2-4,13-14H2,1H3,(H2-,30,32,33,36). The number of pyridine rings is 1. The summed E-state index contributed by atoms with van der Waals surface area (Å²) in [5.74, 6) is -0.360. The molecule has 10 heteroatoms. The number of aryl methyl sites for hydroxylation is 1. The van der Waals surface area contributed by atoms with Gasteiger partial charge in [-0.05, 0) is 55.5 Å². The molecule has 2 aromatic carbocycles. The second-order valence-corrected chi connectivity index (χ2v) is 10.8. The number of halogens is 1. The third-order valence-electron chi connectivity index (χ3n) is 6.67. The van der Waals surface area contributed by atoms with Crippen LogP contribution in [0.5, 0.6) is 0 Å². The van der Waals surface area contributed by atoms with Crippen LogP contribution < -0.4 is 20.6 Å². The molecule has 0 unspecified atom stereocenters. The fourth-order valence-electron chi connectivity index (χ4n) is 4.65. The molecular formula is C28H25ClN6O2S. The Balaban J connectivity index is 1.44. The maximum Gasteiger partial charge on any atom is 0.324 e. The fourth-order valence-corrected chi connectivity index (χ4v) is 5.78. The second-order valence-electron chi connectivity index (χ2n) is 9.34. The first-order valence-corrected chi connectivity index (χ1v) is 13.6. The Labute approximate surface area is 228 Å². The summed E-state index contributed by atoms with van der Waals surface area (Å²) in [5.41, 5.74) is 11.7. The number of rotatable bonds is 5. The first-order chi connectivity index (χ1) is 18.5. The van der Waals surface area contributed by atoms with Gasteiger partial charge in [-0.15, -0.1) is 11.3 Å². The van der Waals surface area contributed by atoms with E-state index in [1.54, 1.807) is 11.0 Å². The van der Waals surface area contributed by atoms with Crippen LogP contribution in [0.3, 0.4) is 0 Å². The molecule has 1 aliphatic rings. The van der Waals surface area contributed by atoms with Crippen molar-refractivity contribution in [3.05, 3.63) is 76.3 Å². The molecule has 1 aliphatic heterocycles. The molecule has 0 amide bonds. The molecule has 1 saturated heterocycles. The van der Waals surface area contributed by atoms with Gasteiger partial charge in [0, 0.05) is 21.9 Å². The van der Waals surface area contributed by atoms with Crippen molar-refractivity contribution in [2.75, 3.05) is 23.8 Å². The lowest BCUT2D eigenvalue weighted by atomic mass is 9.99. The van der Waals surface area contributed by atoms with Crippen LogP contribution in [0.4, 0.5) is 11.6 Å². The van der Waals surface area contributed by atoms with Crippen LogP contribution >= 0.6 is 22.9 Å². The van der Waals surface area contributed by atoms with Gasteiger partial charge in [0.15, 0.2) is 0 Å². The number of nitrogens with zero attached hydrogens (tertiary/aromatic N) is 5. The van der Waals surface area contributed by atoms with Crippen LogP contribution in [0.2, 0.25) is 5.02 Å². The van der Waals surface area contributed by atoms with Gasteiger partial charge < -0.3 is 10.8 Å². The normalized spacial score (nSPS) is 14.4. The molecule has 0 radical (unpaired) electrons. The smallest absolute Gasteiger partial charge is 0.324 e. The van der Waals surface area contributed by atoms with Crippen LogP contribution in [0.25, 0.3) is 32.6 Å². The van der Waals surface area contributed by atoms with Crippen molar-refractivity contribution < 1.29 is 14.4 Å². The van der Waals surface area contributed by atoms with Crippen LogP contribution in [-0.4, -0.2) is 29.2 Å². The van der Waals surface area contributed by atoms with E-state index in [2.05, 4.69) is 27.4 Å². The highest BCUT2D eigenvalue weighted by Crippen LogP contribution is 2.41. The molecule has 5 aromatic rings. The van der Waals surface area contributed by atoms with Crippen LogP contribution in [0.1, 0.15) is 29.7 Å². The number of aromatic nitrogens is 3. The lowest BCUT2D eigenvalue weighted by Crippen LogP contribution is -2.60. The van der Waals surface area contributed by atoms with E-state index in [1.165, 1.54) is 17.8 Å². The highest BCUT2D eigenvalue weighted by Gasteiger charge is 2.23. The molecule has 0 saturated carbocycles. The Morgan fingerprint density at radius 2 is 1.79 bits per heavy atom. The third kappa shape index (κ3) is 4.70. The molecule has 2 N–H and O–H groups in total. The van der Waals surface area contributed by atoms with Crippen molar-refractivity contribution in [3.8, 4) is 22.4 Å². The first kappa shape index (κ1) is 24.4. The molecule has 0 spiro atoms. The van der Waals surface area contributed by atoms with Crippen molar-refractivity contribution in [3.63, 3.8) is 0 Å². The summed E-state index contributed by atoms with van der Waals surface area (Å²) >= 11 is 7.33. The van der Waals surface area contributed by atoms with Gasteiger partial charge in [0.25, 0.3) is 6.20 Å². The Morgan fingerprint density at radius 1 is 1.08 bits per heavy atom. The maximum absolute atomic E-state index is 13.3. The Morgan fingerprint density at radius 3 is 2.53 bits per heavy atom. The van der Waals surface area contributed by atoms with Gasteiger partial charge in [-0.2, -0.15) is 5.01 Å². The van der Waals surface area contributed by atoms with Gasteiger partial charge in [0.05, 0.1) is 34.1 Å². The van der Waals surface area contributed by atoms with Crippen LogP contribution in [0, 0.1) is 6.92 Å². The number of fused-ring (bicyclic) bond motifs is 1. The van der Waals surface area contributed by atoms with Crippen LogP contribution in [0.15, 0.2) is 70.3 Å². The highest BCUT2D eigenvalue weighted by atomic mass is 35.5. The minimum atomic E-state index is -0.490. The van der Waals surface area contributed by atoms with Gasteiger partial charge in [0.2, 0.25) is 5.27 Å². The van der Waals surface area contributed by atoms with E-state index in [4.69, 9.17) is 26.8 Å². The lowest BCUT2D eigenvalue weighted by Gasteiger charge is -2.17. The summed E-state index contributed by atoms with van der Waals surface area (Å²) < 4.78 is 5.34. The van der Waals surface area contributed by atoms with Gasteiger partial charge in [0.1, 0.15) is 4.83 Å². The molecule has 192 valence electrons. The Hall–Kier alpha value is -3.95. The topological polar surface area (TPSA) is 107 Å². The summed E-state index contributed by atoms with van der Waals surface area (Å²) in [4.78, 5) is 11.6. The zero-order chi connectivity index (χ0) is 26.2. The molecule has 8 nitrogen and oxygen atoms in total. The number of anilines is 1. The lowest BCUT2D eigenvalue weighted by molar-refractivity contribution is -0.759. The molecule has 0 bridgehead atoms.